The van der Waals surface area contributed by atoms with Gasteiger partial charge in [0.05, 0.1) is 23.2 Å². The molecule has 3 heterocycles. The molecule has 0 radical (unpaired) electrons. The van der Waals surface area contributed by atoms with Crippen LogP contribution in [0.1, 0.15) is 59.8 Å². The number of aliphatic hydroxyl groups excluding tert-OH is 1. The molecule has 0 aliphatic carbocycles. The summed E-state index contributed by atoms with van der Waals surface area (Å²) in [7, 11) is 0. The molecule has 3 fully saturated rings. The fourth-order valence-corrected chi connectivity index (χ4v) is 9.03. The molecule has 1 spiro atoms. The number of hydrogen-bond acceptors (Lipinski definition) is 6. The number of carbonyl (C=O) groups is 3. The molecule has 8 nitrogen and oxygen atoms in total. The summed E-state index contributed by atoms with van der Waals surface area (Å²) >= 11 is 1.68. The second-order valence-electron chi connectivity index (χ2n) is 10.7. The molecule has 4 rings (SSSR count). The third kappa shape index (κ3) is 5.09. The minimum absolute atomic E-state index is 0.00500. The molecule has 204 valence electrons. The molecule has 3 saturated heterocycles. The second kappa shape index (κ2) is 11.6. The molecule has 2 bridgehead atoms. The van der Waals surface area contributed by atoms with Crippen LogP contribution in [0.3, 0.4) is 0 Å². The smallest absolute Gasteiger partial charge is 0.244 e. The number of amides is 3. The van der Waals surface area contributed by atoms with E-state index in [0.29, 0.717) is 31.7 Å². The van der Waals surface area contributed by atoms with E-state index in [9.17, 15) is 19.5 Å². The Morgan fingerprint density at radius 2 is 1.95 bits per heavy atom. The molecule has 3 N–H and O–H groups in total. The first kappa shape index (κ1) is 27.8. The largest absolute Gasteiger partial charge is 0.494 e. The van der Waals surface area contributed by atoms with Crippen LogP contribution >= 0.6 is 11.8 Å². The van der Waals surface area contributed by atoms with Crippen molar-refractivity contribution in [2.45, 2.75) is 81.9 Å². The molecule has 1 aromatic rings. The first-order chi connectivity index (χ1) is 17.8. The lowest BCUT2D eigenvalue weighted by atomic mass is 9.65. The minimum atomic E-state index is -0.627. The lowest BCUT2D eigenvalue weighted by Gasteiger charge is -2.39. The Morgan fingerprint density at radius 3 is 2.59 bits per heavy atom. The van der Waals surface area contributed by atoms with Gasteiger partial charge in [-0.1, -0.05) is 20.3 Å². The van der Waals surface area contributed by atoms with Gasteiger partial charge >= 0.3 is 0 Å². The number of benzene rings is 1. The van der Waals surface area contributed by atoms with E-state index >= 15 is 0 Å². The van der Waals surface area contributed by atoms with Crippen molar-refractivity contribution in [2.75, 3.05) is 25.1 Å². The van der Waals surface area contributed by atoms with Crippen molar-refractivity contribution in [3.8, 4) is 5.75 Å². The van der Waals surface area contributed by atoms with Gasteiger partial charge < -0.3 is 25.4 Å². The van der Waals surface area contributed by atoms with Gasteiger partial charge in [-0.25, -0.2) is 0 Å². The quantitative estimate of drug-likeness (QED) is 0.357. The highest BCUT2D eigenvalue weighted by molar-refractivity contribution is 8.02. The summed E-state index contributed by atoms with van der Waals surface area (Å²) in [5.74, 6) is -0.551. The summed E-state index contributed by atoms with van der Waals surface area (Å²) in [5.41, 5.74) is 0.663. The number of rotatable bonds is 12. The maximum Gasteiger partial charge on any atom is 0.244 e. The molecule has 3 amide bonds. The van der Waals surface area contributed by atoms with Gasteiger partial charge in [0.15, 0.2) is 0 Å². The van der Waals surface area contributed by atoms with Crippen LogP contribution in [0.5, 0.6) is 5.75 Å². The van der Waals surface area contributed by atoms with Crippen molar-refractivity contribution in [1.29, 1.82) is 0 Å². The van der Waals surface area contributed by atoms with E-state index in [1.807, 2.05) is 38.1 Å². The van der Waals surface area contributed by atoms with Crippen LogP contribution in [-0.2, 0) is 14.4 Å². The van der Waals surface area contributed by atoms with E-state index in [1.165, 1.54) is 0 Å². The lowest BCUT2D eigenvalue weighted by molar-refractivity contribution is -0.139. The third-order valence-electron chi connectivity index (χ3n) is 8.15. The Morgan fingerprint density at radius 1 is 1.22 bits per heavy atom. The Labute approximate surface area is 224 Å². The van der Waals surface area contributed by atoms with Crippen LogP contribution in [0.2, 0.25) is 0 Å². The van der Waals surface area contributed by atoms with Gasteiger partial charge in [0.2, 0.25) is 17.7 Å². The molecule has 0 saturated carbocycles. The van der Waals surface area contributed by atoms with Gasteiger partial charge in [0, 0.05) is 30.1 Å². The number of anilines is 1. The molecule has 3 aliphatic heterocycles. The molecule has 4 unspecified atom stereocenters. The molecule has 1 aromatic carbocycles. The number of fused-ring (bicyclic) bond motifs is 1. The summed E-state index contributed by atoms with van der Waals surface area (Å²) < 4.78 is 4.87. The Bertz CT molecular complexity index is 989. The predicted molar refractivity (Wildman–Crippen MR) is 145 cm³/mol. The van der Waals surface area contributed by atoms with E-state index in [4.69, 9.17) is 4.74 Å². The first-order valence-electron chi connectivity index (χ1n) is 13.7. The monoisotopic (exact) mass is 531 g/mol. The third-order valence-corrected chi connectivity index (χ3v) is 10.2. The summed E-state index contributed by atoms with van der Waals surface area (Å²) in [6.07, 6.45) is 3.81. The van der Waals surface area contributed by atoms with Gasteiger partial charge in [0.25, 0.3) is 0 Å². The number of unbranched alkanes of at least 4 members (excludes halogenated alkanes) is 1. The van der Waals surface area contributed by atoms with E-state index < -0.39 is 22.6 Å². The van der Waals surface area contributed by atoms with Crippen LogP contribution in [0.4, 0.5) is 5.69 Å². The highest BCUT2D eigenvalue weighted by Crippen LogP contribution is 2.68. The molecular formula is C28H41N3O5S. The number of nitrogens with one attached hydrogen (secondary N) is 2. The molecule has 0 aromatic heterocycles. The molecule has 37 heavy (non-hydrogen) atoms. The zero-order valence-corrected chi connectivity index (χ0v) is 23.2. The predicted octanol–water partition coefficient (Wildman–Crippen LogP) is 3.44. The summed E-state index contributed by atoms with van der Waals surface area (Å²) in [4.78, 5) is 43.1. The van der Waals surface area contributed by atoms with Crippen molar-refractivity contribution in [3.05, 3.63) is 24.3 Å². The van der Waals surface area contributed by atoms with Crippen LogP contribution in [0.25, 0.3) is 0 Å². The van der Waals surface area contributed by atoms with E-state index in [1.54, 1.807) is 16.7 Å². The molecule has 3 aliphatic rings. The lowest BCUT2D eigenvalue weighted by Crippen LogP contribution is -2.57. The van der Waals surface area contributed by atoms with Crippen LogP contribution < -0.4 is 15.4 Å². The van der Waals surface area contributed by atoms with Gasteiger partial charge in [0.1, 0.15) is 11.8 Å². The van der Waals surface area contributed by atoms with Crippen LogP contribution in [0.15, 0.2) is 24.3 Å². The van der Waals surface area contributed by atoms with Gasteiger partial charge in [-0.05, 0) is 69.7 Å². The van der Waals surface area contributed by atoms with Crippen molar-refractivity contribution in [3.63, 3.8) is 0 Å². The number of likely N-dealkylation sites (tertiary alicyclic amines) is 1. The number of hydrogen-bond donors (Lipinski definition) is 3. The maximum absolute atomic E-state index is 14.0. The number of carbonyl (C=O) groups excluding carboxylic acids is 3. The van der Waals surface area contributed by atoms with E-state index in [0.717, 1.165) is 25.0 Å². The van der Waals surface area contributed by atoms with E-state index in [-0.39, 0.29) is 41.5 Å². The number of aliphatic hydroxyl groups is 1. The topological polar surface area (TPSA) is 108 Å². The Hall–Kier alpha value is -2.26. The highest BCUT2D eigenvalue weighted by Gasteiger charge is 2.75. The van der Waals surface area contributed by atoms with Crippen molar-refractivity contribution in [2.24, 2.45) is 17.8 Å². The normalized spacial score (nSPS) is 30.8. The zero-order valence-electron chi connectivity index (χ0n) is 22.4. The summed E-state index contributed by atoms with van der Waals surface area (Å²) in [6.45, 7) is 9.15. The fourth-order valence-electron chi connectivity index (χ4n) is 6.61. The Kier molecular flexibility index (Phi) is 8.74. The average Bonchev–Trinajstić information content (AvgIpc) is 3.44. The van der Waals surface area contributed by atoms with Gasteiger partial charge in [-0.3, -0.25) is 14.4 Å². The number of ether oxygens (including phenoxy) is 1. The van der Waals surface area contributed by atoms with Crippen molar-refractivity contribution < 1.29 is 24.2 Å². The van der Waals surface area contributed by atoms with Crippen molar-refractivity contribution >= 4 is 35.2 Å². The summed E-state index contributed by atoms with van der Waals surface area (Å²) in [6, 6.07) is 6.66. The summed E-state index contributed by atoms with van der Waals surface area (Å²) in [5, 5.41) is 15.5. The maximum atomic E-state index is 14.0. The standard InChI is InChI=1S/C28H41N3O5S/c1-5-9-18(4)29-26(34)24-28-17(3)16-21(37-28)22(23(28)27(35)31(24)14-7-8-15-32)25(33)30-19-10-12-20(13-11-19)36-6-2/h10-13,17-18,21-24,32H,5-9,14-16H2,1-4H3,(H,29,34)(H,30,33)/t17?,18?,21-,22+,23-,24?,28?/m0/s1. The van der Waals surface area contributed by atoms with Gasteiger partial charge in [-0.15, -0.1) is 11.8 Å². The first-order valence-corrected chi connectivity index (χ1v) is 14.6. The van der Waals surface area contributed by atoms with Crippen LogP contribution in [-0.4, -0.2) is 69.6 Å². The zero-order chi connectivity index (χ0) is 26.7. The minimum Gasteiger partial charge on any atom is -0.494 e. The fraction of sp³-hybridized carbons (Fsp3) is 0.679. The van der Waals surface area contributed by atoms with E-state index in [2.05, 4.69) is 24.5 Å². The molecule has 9 heteroatoms. The van der Waals surface area contributed by atoms with Gasteiger partial charge in [-0.2, -0.15) is 0 Å². The molecular weight excluding hydrogens is 490 g/mol. The molecule has 7 atom stereocenters. The van der Waals surface area contributed by atoms with Crippen molar-refractivity contribution in [1.82, 2.24) is 10.2 Å². The van der Waals surface area contributed by atoms with Crippen LogP contribution in [0, 0.1) is 17.8 Å². The SMILES string of the molecule is CCCC(C)NC(=O)C1N(CCCCO)C(=O)[C@@H]2[C@H](C(=O)Nc3ccc(OCC)cc3)[C@@H]3CC(C)C12S3. The number of nitrogens with zero attached hydrogens (tertiary/aromatic N) is 1. The average molecular weight is 532 g/mol. The Balaban J connectivity index is 1.61. The second-order valence-corrected chi connectivity index (χ2v) is 12.2. The number of thioether (sulfide) groups is 1. The highest BCUT2D eigenvalue weighted by atomic mass is 32.2.